The predicted molar refractivity (Wildman–Crippen MR) is 50.6 cm³/mol. The van der Waals surface area contributed by atoms with E-state index in [4.69, 9.17) is 12.2 Å². The largest absolute Gasteiger partial charge is 0.397 e. The van der Waals surface area contributed by atoms with Crippen molar-refractivity contribution in [3.63, 3.8) is 0 Å². The Bertz CT molecular complexity index is 271. The van der Waals surface area contributed by atoms with E-state index in [-0.39, 0.29) is 0 Å². The summed E-state index contributed by atoms with van der Waals surface area (Å²) in [6.07, 6.45) is 7.40. The van der Waals surface area contributed by atoms with Crippen molar-refractivity contribution in [3.05, 3.63) is 18.3 Å². The first-order valence-corrected chi connectivity index (χ1v) is 3.72. The van der Waals surface area contributed by atoms with Crippen molar-refractivity contribution in [2.24, 2.45) is 0 Å². The highest BCUT2D eigenvalue weighted by molar-refractivity contribution is 5.43. The van der Waals surface area contributed by atoms with Gasteiger partial charge in [-0.2, -0.15) is 0 Å². The number of nitrogens with two attached hydrogens (primary N) is 1. The lowest BCUT2D eigenvalue weighted by Gasteiger charge is -2.01. The molecule has 0 bridgehead atoms. The van der Waals surface area contributed by atoms with Crippen LogP contribution >= 0.6 is 0 Å². The minimum atomic E-state index is 0.664. The Hall–Kier alpha value is -1.69. The molecule has 1 rings (SSSR count). The van der Waals surface area contributed by atoms with Gasteiger partial charge < -0.3 is 11.1 Å². The van der Waals surface area contributed by atoms with Crippen LogP contribution in [0.15, 0.2) is 18.3 Å². The maximum absolute atomic E-state index is 5.46. The van der Waals surface area contributed by atoms with Gasteiger partial charge in [0, 0.05) is 13.0 Å². The van der Waals surface area contributed by atoms with Crippen molar-refractivity contribution in [3.8, 4) is 12.3 Å². The van der Waals surface area contributed by atoms with Crippen molar-refractivity contribution in [2.75, 3.05) is 17.6 Å². The zero-order valence-corrected chi connectivity index (χ0v) is 6.75. The molecule has 0 aromatic carbocycles. The molecular weight excluding hydrogens is 150 g/mol. The number of rotatable bonds is 3. The highest BCUT2D eigenvalue weighted by Gasteiger charge is 1.90. The number of aromatic nitrogens is 1. The van der Waals surface area contributed by atoms with Crippen LogP contribution in [-0.4, -0.2) is 11.5 Å². The van der Waals surface area contributed by atoms with Crippen molar-refractivity contribution in [2.45, 2.75) is 6.42 Å². The van der Waals surface area contributed by atoms with E-state index in [1.165, 1.54) is 0 Å². The summed E-state index contributed by atoms with van der Waals surface area (Å²) < 4.78 is 0. The molecule has 1 heterocycles. The second kappa shape index (κ2) is 4.24. The molecule has 62 valence electrons. The average molecular weight is 161 g/mol. The third kappa shape index (κ3) is 2.51. The van der Waals surface area contributed by atoms with Gasteiger partial charge in [-0.15, -0.1) is 12.3 Å². The summed E-state index contributed by atoms with van der Waals surface area (Å²) in [4.78, 5) is 4.05. The van der Waals surface area contributed by atoms with Crippen LogP contribution in [0.3, 0.4) is 0 Å². The topological polar surface area (TPSA) is 50.9 Å². The van der Waals surface area contributed by atoms with Crippen LogP contribution in [0.4, 0.5) is 11.5 Å². The van der Waals surface area contributed by atoms with Gasteiger partial charge in [0.2, 0.25) is 0 Å². The van der Waals surface area contributed by atoms with E-state index in [1.807, 2.05) is 6.07 Å². The van der Waals surface area contributed by atoms with Crippen LogP contribution in [-0.2, 0) is 0 Å². The minimum Gasteiger partial charge on any atom is -0.397 e. The van der Waals surface area contributed by atoms with Crippen molar-refractivity contribution < 1.29 is 0 Å². The lowest BCUT2D eigenvalue weighted by molar-refractivity contribution is 1.07. The number of nitrogens with zero attached hydrogens (tertiary/aromatic N) is 1. The van der Waals surface area contributed by atoms with E-state index < -0.39 is 0 Å². The van der Waals surface area contributed by atoms with Crippen molar-refractivity contribution >= 4 is 11.5 Å². The number of nitrogens with one attached hydrogen (secondary N) is 1. The highest BCUT2D eigenvalue weighted by atomic mass is 15.0. The van der Waals surface area contributed by atoms with E-state index in [2.05, 4.69) is 16.2 Å². The van der Waals surface area contributed by atoms with E-state index in [0.717, 1.165) is 12.4 Å². The molecular formula is C9H11N3. The number of hydrogen-bond acceptors (Lipinski definition) is 3. The molecule has 0 aliphatic rings. The molecule has 1 aromatic heterocycles. The lowest BCUT2D eigenvalue weighted by atomic mass is 10.4. The molecule has 0 aliphatic heterocycles. The fraction of sp³-hybridized carbons (Fsp3) is 0.222. The summed E-state index contributed by atoms with van der Waals surface area (Å²) in [5, 5.41) is 3.06. The van der Waals surface area contributed by atoms with Gasteiger partial charge in [0.05, 0.1) is 11.9 Å². The van der Waals surface area contributed by atoms with Gasteiger partial charge in [-0.25, -0.2) is 4.98 Å². The van der Waals surface area contributed by atoms with Crippen LogP contribution in [0.1, 0.15) is 6.42 Å². The molecule has 0 fully saturated rings. The van der Waals surface area contributed by atoms with E-state index in [1.54, 1.807) is 12.3 Å². The molecule has 0 amide bonds. The van der Waals surface area contributed by atoms with Gasteiger partial charge in [0.25, 0.3) is 0 Å². The highest BCUT2D eigenvalue weighted by Crippen LogP contribution is 2.04. The van der Waals surface area contributed by atoms with E-state index >= 15 is 0 Å². The number of pyridine rings is 1. The monoisotopic (exact) mass is 161 g/mol. The molecule has 12 heavy (non-hydrogen) atoms. The fourth-order valence-corrected chi connectivity index (χ4v) is 0.773. The first kappa shape index (κ1) is 8.41. The molecule has 0 aliphatic carbocycles. The smallest absolute Gasteiger partial charge is 0.126 e. The Morgan fingerprint density at radius 2 is 2.42 bits per heavy atom. The summed E-state index contributed by atoms with van der Waals surface area (Å²) in [6, 6.07) is 3.62. The summed E-state index contributed by atoms with van der Waals surface area (Å²) >= 11 is 0. The molecule has 0 unspecified atom stereocenters. The maximum Gasteiger partial charge on any atom is 0.126 e. The summed E-state index contributed by atoms with van der Waals surface area (Å²) in [7, 11) is 0. The first-order chi connectivity index (χ1) is 5.83. The van der Waals surface area contributed by atoms with Crippen LogP contribution in [0.25, 0.3) is 0 Å². The summed E-state index contributed by atoms with van der Waals surface area (Å²) in [6.45, 7) is 0.743. The molecule has 3 N–H and O–H groups in total. The third-order valence-electron chi connectivity index (χ3n) is 1.36. The van der Waals surface area contributed by atoms with Gasteiger partial charge in [0.1, 0.15) is 5.82 Å². The standard InChI is InChI=1S/C9H11N3/c1-2-3-6-11-9-5-4-8(10)7-12-9/h1,4-5,7H,3,6,10H2,(H,11,12). The second-order valence-corrected chi connectivity index (χ2v) is 2.36. The molecule has 0 saturated heterocycles. The van der Waals surface area contributed by atoms with E-state index in [9.17, 15) is 0 Å². The van der Waals surface area contributed by atoms with Crippen molar-refractivity contribution in [1.29, 1.82) is 0 Å². The van der Waals surface area contributed by atoms with Gasteiger partial charge >= 0.3 is 0 Å². The molecule has 3 nitrogen and oxygen atoms in total. The Kier molecular flexibility index (Phi) is 2.97. The Balaban J connectivity index is 2.43. The molecule has 0 atom stereocenters. The average Bonchev–Trinajstić information content (AvgIpc) is 2.09. The molecule has 0 spiro atoms. The molecule has 3 heteroatoms. The maximum atomic E-state index is 5.46. The zero-order chi connectivity index (χ0) is 8.81. The normalized spacial score (nSPS) is 8.92. The molecule has 1 aromatic rings. The fourth-order valence-electron chi connectivity index (χ4n) is 0.773. The number of hydrogen-bond donors (Lipinski definition) is 2. The predicted octanol–water partition coefficient (Wildman–Crippen LogP) is 1.10. The second-order valence-electron chi connectivity index (χ2n) is 2.36. The number of nitrogen functional groups attached to an aromatic ring is 1. The van der Waals surface area contributed by atoms with Gasteiger partial charge in [-0.3, -0.25) is 0 Å². The van der Waals surface area contributed by atoms with Gasteiger partial charge in [-0.1, -0.05) is 0 Å². The summed E-state index contributed by atoms with van der Waals surface area (Å²) in [5.41, 5.74) is 6.12. The Morgan fingerprint density at radius 1 is 1.58 bits per heavy atom. The Morgan fingerprint density at radius 3 is 3.00 bits per heavy atom. The van der Waals surface area contributed by atoms with Gasteiger partial charge in [-0.05, 0) is 12.1 Å². The number of terminal acetylenes is 1. The number of anilines is 2. The van der Waals surface area contributed by atoms with Crippen LogP contribution in [0, 0.1) is 12.3 Å². The SMILES string of the molecule is C#CCCNc1ccc(N)cn1. The molecule has 0 saturated carbocycles. The first-order valence-electron chi connectivity index (χ1n) is 3.72. The third-order valence-corrected chi connectivity index (χ3v) is 1.36. The van der Waals surface area contributed by atoms with Crippen LogP contribution < -0.4 is 11.1 Å². The van der Waals surface area contributed by atoms with Crippen molar-refractivity contribution in [1.82, 2.24) is 4.98 Å². The lowest BCUT2D eigenvalue weighted by Crippen LogP contribution is -2.02. The summed E-state index contributed by atoms with van der Waals surface area (Å²) in [5.74, 6) is 3.34. The van der Waals surface area contributed by atoms with Gasteiger partial charge in [0.15, 0.2) is 0 Å². The van der Waals surface area contributed by atoms with Crippen LogP contribution in [0.5, 0.6) is 0 Å². The molecule has 0 radical (unpaired) electrons. The van der Waals surface area contributed by atoms with E-state index in [0.29, 0.717) is 12.1 Å². The quantitative estimate of drug-likeness (QED) is 0.515. The Labute approximate surface area is 72.0 Å². The minimum absolute atomic E-state index is 0.664. The zero-order valence-electron chi connectivity index (χ0n) is 6.75. The van der Waals surface area contributed by atoms with Crippen LogP contribution in [0.2, 0.25) is 0 Å².